The molecule has 0 aromatic rings. The van der Waals surface area contributed by atoms with Crippen LogP contribution < -0.4 is 11.1 Å². The number of hydrogen-bond donors (Lipinski definition) is 2. The van der Waals surface area contributed by atoms with Crippen molar-refractivity contribution in [2.75, 3.05) is 24.6 Å². The van der Waals surface area contributed by atoms with Gasteiger partial charge >= 0.3 is 0 Å². The highest BCUT2D eigenvalue weighted by atomic mass is 32.2. The minimum absolute atomic E-state index is 0.0104. The zero-order valence-electron chi connectivity index (χ0n) is 8.75. The molecule has 0 radical (unpaired) electrons. The van der Waals surface area contributed by atoms with Crippen LogP contribution in [-0.2, 0) is 15.6 Å². The first kappa shape index (κ1) is 13.6. The van der Waals surface area contributed by atoms with Gasteiger partial charge in [0.05, 0.1) is 0 Å². The van der Waals surface area contributed by atoms with Crippen LogP contribution in [-0.4, -0.2) is 34.7 Å². The quantitative estimate of drug-likeness (QED) is 0.566. The second-order valence-electron chi connectivity index (χ2n) is 3.09. The molecule has 0 aromatic heterocycles. The third-order valence-corrected chi connectivity index (χ3v) is 3.11. The van der Waals surface area contributed by atoms with Gasteiger partial charge in [-0.3, -0.25) is 9.00 Å². The summed E-state index contributed by atoms with van der Waals surface area (Å²) in [4.78, 5) is 11.1. The van der Waals surface area contributed by atoms with Crippen LogP contribution in [0, 0.1) is 0 Å². The van der Waals surface area contributed by atoms with Crippen molar-refractivity contribution in [1.29, 1.82) is 0 Å². The van der Waals surface area contributed by atoms with E-state index in [9.17, 15) is 9.00 Å². The van der Waals surface area contributed by atoms with Crippen molar-refractivity contribution < 1.29 is 9.00 Å². The molecular formula is C9H20N2O2S. The largest absolute Gasteiger partial charge is 0.356 e. The molecule has 1 atom stereocenters. The predicted molar refractivity (Wildman–Crippen MR) is 59.5 cm³/mol. The van der Waals surface area contributed by atoms with Crippen LogP contribution in [0.1, 0.15) is 26.2 Å². The van der Waals surface area contributed by atoms with E-state index in [2.05, 4.69) is 12.2 Å². The Balaban J connectivity index is 3.39. The number of nitrogens with one attached hydrogen (secondary N) is 1. The SMILES string of the molecule is CCCCNC(=O)CCS(=O)CCN. The van der Waals surface area contributed by atoms with E-state index in [0.717, 1.165) is 19.4 Å². The fourth-order valence-corrected chi connectivity index (χ4v) is 1.81. The van der Waals surface area contributed by atoms with E-state index in [0.29, 0.717) is 24.5 Å². The number of hydrogen-bond acceptors (Lipinski definition) is 3. The molecule has 5 heteroatoms. The molecule has 14 heavy (non-hydrogen) atoms. The summed E-state index contributed by atoms with van der Waals surface area (Å²) in [7, 11) is -0.934. The Labute approximate surface area is 88.1 Å². The van der Waals surface area contributed by atoms with Gasteiger partial charge in [0.15, 0.2) is 0 Å². The molecule has 0 aromatic carbocycles. The molecule has 1 unspecified atom stereocenters. The molecule has 1 amide bonds. The average molecular weight is 220 g/mol. The maximum Gasteiger partial charge on any atom is 0.220 e. The van der Waals surface area contributed by atoms with E-state index in [1.54, 1.807) is 0 Å². The van der Waals surface area contributed by atoms with Gasteiger partial charge in [-0.2, -0.15) is 0 Å². The van der Waals surface area contributed by atoms with Gasteiger partial charge in [0, 0.05) is 41.8 Å². The van der Waals surface area contributed by atoms with Crippen molar-refractivity contribution >= 4 is 16.7 Å². The molecule has 0 saturated heterocycles. The summed E-state index contributed by atoms with van der Waals surface area (Å²) >= 11 is 0. The molecule has 84 valence electrons. The summed E-state index contributed by atoms with van der Waals surface area (Å²) < 4.78 is 11.1. The van der Waals surface area contributed by atoms with Crippen LogP contribution in [0.3, 0.4) is 0 Å². The molecule has 0 fully saturated rings. The van der Waals surface area contributed by atoms with Crippen molar-refractivity contribution in [3.05, 3.63) is 0 Å². The van der Waals surface area contributed by atoms with Gasteiger partial charge < -0.3 is 11.1 Å². The summed E-state index contributed by atoms with van der Waals surface area (Å²) in [6.45, 7) is 3.21. The van der Waals surface area contributed by atoms with Gasteiger partial charge in [-0.1, -0.05) is 13.3 Å². The molecule has 0 aliphatic carbocycles. The normalized spacial score (nSPS) is 12.4. The summed E-state index contributed by atoms with van der Waals surface area (Å²) in [5.74, 6) is 0.904. The highest BCUT2D eigenvalue weighted by Crippen LogP contribution is 1.89. The van der Waals surface area contributed by atoms with E-state index in [-0.39, 0.29) is 5.91 Å². The zero-order valence-corrected chi connectivity index (χ0v) is 9.57. The van der Waals surface area contributed by atoms with Crippen LogP contribution >= 0.6 is 0 Å². The van der Waals surface area contributed by atoms with E-state index in [4.69, 9.17) is 5.73 Å². The average Bonchev–Trinajstić information content (AvgIpc) is 2.16. The van der Waals surface area contributed by atoms with E-state index in [1.165, 1.54) is 0 Å². The standard InChI is InChI=1S/C9H20N2O2S/c1-2-3-6-11-9(12)4-7-14(13)8-5-10/h2-8,10H2,1H3,(H,11,12). The molecule has 4 nitrogen and oxygen atoms in total. The Bertz CT molecular complexity index is 186. The Morgan fingerprint density at radius 2 is 2.14 bits per heavy atom. The van der Waals surface area contributed by atoms with Crippen molar-refractivity contribution in [1.82, 2.24) is 5.32 Å². The lowest BCUT2D eigenvalue weighted by Crippen LogP contribution is -2.26. The zero-order chi connectivity index (χ0) is 10.8. The first-order valence-electron chi connectivity index (χ1n) is 5.02. The van der Waals surface area contributed by atoms with E-state index < -0.39 is 10.8 Å². The maximum absolute atomic E-state index is 11.1. The minimum atomic E-state index is -0.934. The summed E-state index contributed by atoms with van der Waals surface area (Å²) in [6, 6.07) is 0. The summed E-state index contributed by atoms with van der Waals surface area (Å²) in [6.07, 6.45) is 2.41. The van der Waals surface area contributed by atoms with Crippen molar-refractivity contribution in [2.24, 2.45) is 5.73 Å². The molecule has 0 bridgehead atoms. The minimum Gasteiger partial charge on any atom is -0.356 e. The molecular weight excluding hydrogens is 200 g/mol. The maximum atomic E-state index is 11.1. The summed E-state index contributed by atoms with van der Waals surface area (Å²) in [5.41, 5.74) is 5.24. The molecule has 0 spiro atoms. The molecule has 0 saturated carbocycles. The van der Waals surface area contributed by atoms with Gasteiger partial charge in [-0.05, 0) is 6.42 Å². The van der Waals surface area contributed by atoms with Crippen molar-refractivity contribution in [3.63, 3.8) is 0 Å². The summed E-state index contributed by atoms with van der Waals surface area (Å²) in [5, 5.41) is 2.78. The van der Waals surface area contributed by atoms with Gasteiger partial charge in [-0.25, -0.2) is 0 Å². The molecule has 0 aliphatic heterocycles. The fourth-order valence-electron chi connectivity index (χ4n) is 0.933. The van der Waals surface area contributed by atoms with Crippen LogP contribution in [0.4, 0.5) is 0 Å². The second-order valence-corrected chi connectivity index (χ2v) is 4.79. The molecule has 0 rings (SSSR count). The number of carbonyl (C=O) groups is 1. The fraction of sp³-hybridized carbons (Fsp3) is 0.889. The molecule has 3 N–H and O–H groups in total. The molecule has 0 heterocycles. The van der Waals surface area contributed by atoms with Gasteiger partial charge in [-0.15, -0.1) is 0 Å². The van der Waals surface area contributed by atoms with Gasteiger partial charge in [0.25, 0.3) is 0 Å². The van der Waals surface area contributed by atoms with Gasteiger partial charge in [0.2, 0.25) is 5.91 Å². The van der Waals surface area contributed by atoms with Crippen molar-refractivity contribution in [2.45, 2.75) is 26.2 Å². The number of rotatable bonds is 8. The lowest BCUT2D eigenvalue weighted by atomic mass is 10.3. The Morgan fingerprint density at radius 1 is 1.43 bits per heavy atom. The number of nitrogens with two attached hydrogens (primary N) is 1. The smallest absolute Gasteiger partial charge is 0.220 e. The van der Waals surface area contributed by atoms with Crippen LogP contribution in [0.15, 0.2) is 0 Å². The lowest BCUT2D eigenvalue weighted by molar-refractivity contribution is -0.120. The van der Waals surface area contributed by atoms with Gasteiger partial charge in [0.1, 0.15) is 0 Å². The van der Waals surface area contributed by atoms with E-state index >= 15 is 0 Å². The lowest BCUT2D eigenvalue weighted by Gasteiger charge is -2.03. The monoisotopic (exact) mass is 220 g/mol. The highest BCUT2D eigenvalue weighted by Gasteiger charge is 2.03. The number of carbonyl (C=O) groups excluding carboxylic acids is 1. The van der Waals surface area contributed by atoms with Crippen LogP contribution in [0.5, 0.6) is 0 Å². The van der Waals surface area contributed by atoms with Crippen molar-refractivity contribution in [3.8, 4) is 0 Å². The highest BCUT2D eigenvalue weighted by molar-refractivity contribution is 7.85. The number of amides is 1. The predicted octanol–water partition coefficient (Wildman–Crippen LogP) is 0.000200. The number of unbranched alkanes of at least 4 members (excludes halogenated alkanes) is 1. The first-order chi connectivity index (χ1) is 6.70. The third-order valence-electron chi connectivity index (χ3n) is 1.75. The first-order valence-corrected chi connectivity index (χ1v) is 6.51. The Kier molecular flexibility index (Phi) is 8.87. The molecule has 0 aliphatic rings. The Hall–Kier alpha value is -0.420. The third kappa shape index (κ3) is 8.19. The second kappa shape index (κ2) is 9.15. The van der Waals surface area contributed by atoms with E-state index in [1.807, 2.05) is 0 Å². The topological polar surface area (TPSA) is 72.2 Å². The van der Waals surface area contributed by atoms with Crippen LogP contribution in [0.25, 0.3) is 0 Å². The Morgan fingerprint density at radius 3 is 2.71 bits per heavy atom. The van der Waals surface area contributed by atoms with Crippen LogP contribution in [0.2, 0.25) is 0 Å².